The molecule has 3 aromatic rings. The van der Waals surface area contributed by atoms with Crippen LogP contribution in [0.3, 0.4) is 0 Å². The van der Waals surface area contributed by atoms with E-state index < -0.39 is 0 Å². The predicted molar refractivity (Wildman–Crippen MR) is 115 cm³/mol. The molecule has 0 N–H and O–H groups in total. The Kier molecular flexibility index (Phi) is 5.54. The van der Waals surface area contributed by atoms with Gasteiger partial charge in [0.2, 0.25) is 0 Å². The van der Waals surface area contributed by atoms with Gasteiger partial charge in [-0.2, -0.15) is 0 Å². The number of aryl methyl sites for hydroxylation is 2. The molecule has 0 bridgehead atoms. The number of hydrogen-bond donors (Lipinski definition) is 0. The first-order valence-electron chi connectivity index (χ1n) is 9.77. The smallest absolute Gasteiger partial charge is 0.274 e. The number of likely N-dealkylation sites (tertiary alicyclic amines) is 1. The number of carbonyl (C=O) groups excluding carboxylic acids is 1. The molecular weight excluding hydrogens is 384 g/mol. The molecule has 4 nitrogen and oxygen atoms in total. The van der Waals surface area contributed by atoms with E-state index in [9.17, 15) is 4.79 Å². The number of para-hydroxylation sites is 1. The fourth-order valence-electron chi connectivity index (χ4n) is 3.86. The Morgan fingerprint density at radius 1 is 1.10 bits per heavy atom. The third-order valence-corrected chi connectivity index (χ3v) is 5.74. The summed E-state index contributed by atoms with van der Waals surface area (Å²) >= 11 is 6.15. The Bertz CT molecular complexity index is 1050. The summed E-state index contributed by atoms with van der Waals surface area (Å²) in [4.78, 5) is 18.8. The standard InChI is InChI=1S/C24H23ClN2O2/c1-16-6-3-4-8-22(16)29-19-9-10-20(17(2)14-19)18-11-13-27(15-18)24(28)23-21(25)7-5-12-26-23/h3-10,12,14,18H,11,13,15H2,1-2H3. The summed E-state index contributed by atoms with van der Waals surface area (Å²) in [6.07, 6.45) is 2.53. The molecule has 1 aliphatic heterocycles. The van der Waals surface area contributed by atoms with Gasteiger partial charge < -0.3 is 9.64 Å². The lowest BCUT2D eigenvalue weighted by Crippen LogP contribution is -2.29. The molecule has 29 heavy (non-hydrogen) atoms. The van der Waals surface area contributed by atoms with Gasteiger partial charge in [0.05, 0.1) is 5.02 Å². The highest BCUT2D eigenvalue weighted by atomic mass is 35.5. The maximum absolute atomic E-state index is 12.8. The molecule has 148 valence electrons. The van der Waals surface area contributed by atoms with Gasteiger partial charge in [0.15, 0.2) is 0 Å². The van der Waals surface area contributed by atoms with E-state index in [4.69, 9.17) is 16.3 Å². The van der Waals surface area contributed by atoms with Gasteiger partial charge in [-0.3, -0.25) is 4.79 Å². The van der Waals surface area contributed by atoms with Crippen molar-refractivity contribution in [2.24, 2.45) is 0 Å². The Hall–Kier alpha value is -2.85. The van der Waals surface area contributed by atoms with Gasteiger partial charge in [-0.15, -0.1) is 0 Å². The van der Waals surface area contributed by atoms with Crippen molar-refractivity contribution in [2.75, 3.05) is 13.1 Å². The second kappa shape index (κ2) is 8.26. The van der Waals surface area contributed by atoms with Crippen LogP contribution < -0.4 is 4.74 Å². The van der Waals surface area contributed by atoms with E-state index in [2.05, 4.69) is 24.0 Å². The van der Waals surface area contributed by atoms with Gasteiger partial charge in [-0.1, -0.05) is 35.9 Å². The summed E-state index contributed by atoms with van der Waals surface area (Å²) < 4.78 is 6.05. The summed E-state index contributed by atoms with van der Waals surface area (Å²) in [6.45, 7) is 5.51. The highest BCUT2D eigenvalue weighted by Gasteiger charge is 2.30. The van der Waals surface area contributed by atoms with Crippen LogP contribution in [0, 0.1) is 13.8 Å². The van der Waals surface area contributed by atoms with E-state index in [1.807, 2.05) is 42.2 Å². The van der Waals surface area contributed by atoms with Crippen LogP contribution in [0.25, 0.3) is 0 Å². The van der Waals surface area contributed by atoms with Crippen molar-refractivity contribution >= 4 is 17.5 Å². The summed E-state index contributed by atoms with van der Waals surface area (Å²) in [6, 6.07) is 17.6. The van der Waals surface area contributed by atoms with Gasteiger partial charge >= 0.3 is 0 Å². The normalized spacial score (nSPS) is 16.1. The molecule has 1 fully saturated rings. The van der Waals surface area contributed by atoms with E-state index in [1.54, 1.807) is 18.3 Å². The number of amides is 1. The lowest BCUT2D eigenvalue weighted by Gasteiger charge is -2.18. The predicted octanol–water partition coefficient (Wildman–Crippen LogP) is 5.77. The average molecular weight is 407 g/mol. The molecular formula is C24H23ClN2O2. The minimum atomic E-state index is -0.102. The summed E-state index contributed by atoms with van der Waals surface area (Å²) in [5.41, 5.74) is 3.86. The first-order chi connectivity index (χ1) is 14.0. The first kappa shape index (κ1) is 19.5. The molecule has 1 aliphatic rings. The molecule has 1 amide bonds. The highest BCUT2D eigenvalue weighted by Crippen LogP contribution is 2.33. The van der Waals surface area contributed by atoms with Crippen molar-refractivity contribution in [3.63, 3.8) is 0 Å². The van der Waals surface area contributed by atoms with E-state index in [1.165, 1.54) is 11.1 Å². The molecule has 0 spiro atoms. The van der Waals surface area contributed by atoms with E-state index >= 15 is 0 Å². The molecule has 2 heterocycles. The van der Waals surface area contributed by atoms with Crippen LogP contribution in [0.15, 0.2) is 60.8 Å². The third kappa shape index (κ3) is 4.13. The lowest BCUT2D eigenvalue weighted by atomic mass is 9.94. The van der Waals surface area contributed by atoms with Crippen molar-refractivity contribution in [3.05, 3.63) is 88.2 Å². The van der Waals surface area contributed by atoms with E-state index in [0.29, 0.717) is 29.7 Å². The number of rotatable bonds is 4. The minimum absolute atomic E-state index is 0.102. The quantitative estimate of drug-likeness (QED) is 0.552. The second-order valence-corrected chi connectivity index (χ2v) is 7.86. The maximum atomic E-state index is 12.8. The number of ether oxygens (including phenoxy) is 1. The van der Waals surface area contributed by atoms with Crippen molar-refractivity contribution < 1.29 is 9.53 Å². The van der Waals surface area contributed by atoms with Crippen molar-refractivity contribution in [3.8, 4) is 11.5 Å². The number of nitrogens with zero attached hydrogens (tertiary/aromatic N) is 2. The zero-order chi connectivity index (χ0) is 20.4. The summed E-state index contributed by atoms with van der Waals surface area (Å²) in [5.74, 6) is 1.89. The Balaban J connectivity index is 1.48. The minimum Gasteiger partial charge on any atom is -0.457 e. The van der Waals surface area contributed by atoms with Crippen molar-refractivity contribution in [1.82, 2.24) is 9.88 Å². The fourth-order valence-corrected chi connectivity index (χ4v) is 4.06. The SMILES string of the molecule is Cc1ccccc1Oc1ccc(C2CCN(C(=O)c3ncccc3Cl)C2)c(C)c1. The third-order valence-electron chi connectivity index (χ3n) is 5.44. The molecule has 0 radical (unpaired) electrons. The van der Waals surface area contributed by atoms with Gasteiger partial charge in [0.1, 0.15) is 17.2 Å². The Labute approximate surface area is 176 Å². The fraction of sp³-hybridized carbons (Fsp3) is 0.250. The number of hydrogen-bond acceptors (Lipinski definition) is 3. The van der Waals surface area contributed by atoms with Crippen LogP contribution in [0.5, 0.6) is 11.5 Å². The lowest BCUT2D eigenvalue weighted by molar-refractivity contribution is 0.0785. The van der Waals surface area contributed by atoms with E-state index in [-0.39, 0.29) is 5.91 Å². The summed E-state index contributed by atoms with van der Waals surface area (Å²) in [7, 11) is 0. The number of benzene rings is 2. The molecule has 1 atom stereocenters. The van der Waals surface area contributed by atoms with Crippen LogP contribution in [-0.2, 0) is 0 Å². The van der Waals surface area contributed by atoms with Crippen LogP contribution in [0.1, 0.15) is 39.5 Å². The van der Waals surface area contributed by atoms with Crippen molar-refractivity contribution in [1.29, 1.82) is 0 Å². The Morgan fingerprint density at radius 3 is 2.69 bits per heavy atom. The van der Waals surface area contributed by atoms with Crippen LogP contribution in [-0.4, -0.2) is 28.9 Å². The van der Waals surface area contributed by atoms with Gasteiger partial charge in [0.25, 0.3) is 5.91 Å². The molecule has 1 unspecified atom stereocenters. The van der Waals surface area contributed by atoms with Gasteiger partial charge in [0, 0.05) is 25.2 Å². The number of halogens is 1. The topological polar surface area (TPSA) is 42.4 Å². The Morgan fingerprint density at radius 2 is 1.93 bits per heavy atom. The number of carbonyl (C=O) groups is 1. The first-order valence-corrected chi connectivity index (χ1v) is 10.1. The van der Waals surface area contributed by atoms with Crippen molar-refractivity contribution in [2.45, 2.75) is 26.2 Å². The maximum Gasteiger partial charge on any atom is 0.274 e. The van der Waals surface area contributed by atoms with Crippen LogP contribution >= 0.6 is 11.6 Å². The zero-order valence-corrected chi connectivity index (χ0v) is 17.3. The highest BCUT2D eigenvalue weighted by molar-refractivity contribution is 6.33. The summed E-state index contributed by atoms with van der Waals surface area (Å²) in [5, 5.41) is 0.398. The van der Waals surface area contributed by atoms with E-state index in [0.717, 1.165) is 23.5 Å². The molecule has 5 heteroatoms. The zero-order valence-electron chi connectivity index (χ0n) is 16.6. The van der Waals surface area contributed by atoms with Crippen LogP contribution in [0.4, 0.5) is 0 Å². The number of pyridine rings is 1. The van der Waals surface area contributed by atoms with Crippen LogP contribution in [0.2, 0.25) is 5.02 Å². The molecule has 2 aromatic carbocycles. The monoisotopic (exact) mass is 406 g/mol. The largest absolute Gasteiger partial charge is 0.457 e. The number of aromatic nitrogens is 1. The molecule has 0 aliphatic carbocycles. The van der Waals surface area contributed by atoms with Gasteiger partial charge in [-0.05, 0) is 67.3 Å². The molecule has 0 saturated carbocycles. The molecule has 1 saturated heterocycles. The molecule has 4 rings (SSSR count). The van der Waals surface area contributed by atoms with Gasteiger partial charge in [-0.25, -0.2) is 4.98 Å². The average Bonchev–Trinajstić information content (AvgIpc) is 3.20. The molecule has 1 aromatic heterocycles. The second-order valence-electron chi connectivity index (χ2n) is 7.46.